The number of para-hydroxylation sites is 1. The first-order valence-electron chi connectivity index (χ1n) is 12.4. The summed E-state index contributed by atoms with van der Waals surface area (Å²) < 4.78 is 14.6. The molecule has 10 heteroatoms. The lowest BCUT2D eigenvalue weighted by Crippen LogP contribution is -2.25. The van der Waals surface area contributed by atoms with E-state index < -0.39 is 0 Å². The molecule has 0 aliphatic carbocycles. The minimum absolute atomic E-state index is 0.142. The Morgan fingerprint density at radius 2 is 1.74 bits per heavy atom. The Bertz CT molecular complexity index is 1550. The van der Waals surface area contributed by atoms with E-state index in [1.807, 2.05) is 59.3 Å². The summed E-state index contributed by atoms with van der Waals surface area (Å²) in [4.78, 5) is 18.0. The number of pyridine rings is 1. The van der Waals surface area contributed by atoms with Gasteiger partial charge in [-0.05, 0) is 52.9 Å². The number of hydrogen-bond acceptors (Lipinski definition) is 7. The van der Waals surface area contributed by atoms with E-state index in [4.69, 9.17) is 9.47 Å². The summed E-state index contributed by atoms with van der Waals surface area (Å²) in [7, 11) is 3.18. The second-order valence-electron chi connectivity index (χ2n) is 8.83. The molecule has 0 bridgehead atoms. The van der Waals surface area contributed by atoms with Gasteiger partial charge in [-0.3, -0.25) is 14.1 Å². The number of H-pyrrole nitrogens is 1. The molecule has 0 amide bonds. The van der Waals surface area contributed by atoms with Crippen LogP contribution < -0.4 is 15.2 Å². The second-order valence-corrected chi connectivity index (χ2v) is 8.83. The van der Waals surface area contributed by atoms with Gasteiger partial charge in [0.1, 0.15) is 17.2 Å². The molecule has 5 rings (SSSR count). The molecule has 0 spiro atoms. The number of rotatable bonds is 10. The Morgan fingerprint density at radius 3 is 2.39 bits per heavy atom. The highest BCUT2D eigenvalue weighted by molar-refractivity contribution is 5.79. The van der Waals surface area contributed by atoms with E-state index in [2.05, 4.69) is 32.5 Å². The van der Waals surface area contributed by atoms with E-state index in [1.165, 1.54) is 0 Å². The van der Waals surface area contributed by atoms with E-state index in [-0.39, 0.29) is 5.69 Å². The maximum absolute atomic E-state index is 13.7. The Morgan fingerprint density at radius 1 is 0.974 bits per heavy atom. The lowest BCUT2D eigenvalue weighted by molar-refractivity contribution is 0.390. The molecular weight excluding hydrogens is 482 g/mol. The van der Waals surface area contributed by atoms with Crippen molar-refractivity contribution in [3.63, 3.8) is 0 Å². The first-order chi connectivity index (χ1) is 18.6. The van der Waals surface area contributed by atoms with Crippen LogP contribution in [0.2, 0.25) is 0 Å². The van der Waals surface area contributed by atoms with E-state index in [1.54, 1.807) is 31.2 Å². The maximum atomic E-state index is 13.7. The number of ether oxygens (including phenoxy) is 2. The fraction of sp³-hybridized carbons (Fsp3) is 0.250. The Kier molecular flexibility index (Phi) is 7.30. The van der Waals surface area contributed by atoms with Crippen molar-refractivity contribution in [2.75, 3.05) is 14.2 Å². The highest BCUT2D eigenvalue weighted by Gasteiger charge is 2.19. The molecule has 194 valence electrons. The molecule has 0 fully saturated rings. The van der Waals surface area contributed by atoms with Crippen LogP contribution in [0.3, 0.4) is 0 Å². The van der Waals surface area contributed by atoms with E-state index >= 15 is 0 Å². The molecular formula is C28H29N7O3. The van der Waals surface area contributed by atoms with Crippen molar-refractivity contribution >= 4 is 0 Å². The molecule has 0 saturated heterocycles. The molecule has 0 atom stereocenters. The molecule has 2 aromatic carbocycles. The van der Waals surface area contributed by atoms with Crippen molar-refractivity contribution in [1.82, 2.24) is 34.7 Å². The third-order valence-corrected chi connectivity index (χ3v) is 6.50. The van der Waals surface area contributed by atoms with E-state index in [9.17, 15) is 4.79 Å². The molecule has 3 heterocycles. The van der Waals surface area contributed by atoms with Gasteiger partial charge in [-0.25, -0.2) is 4.79 Å². The first kappa shape index (κ1) is 24.9. The molecule has 0 unspecified atom stereocenters. The average molecular weight is 512 g/mol. The van der Waals surface area contributed by atoms with Crippen LogP contribution in [0.4, 0.5) is 0 Å². The van der Waals surface area contributed by atoms with Crippen molar-refractivity contribution in [3.8, 4) is 39.7 Å². The number of aryl methyl sites for hydroxylation is 1. The molecule has 38 heavy (non-hydrogen) atoms. The van der Waals surface area contributed by atoms with Crippen LogP contribution >= 0.6 is 0 Å². The lowest BCUT2D eigenvalue weighted by atomic mass is 10.00. The summed E-state index contributed by atoms with van der Waals surface area (Å²) in [5.41, 5.74) is 5.15. The maximum Gasteiger partial charge on any atom is 0.333 e. The molecule has 1 N–H and O–H groups in total. The van der Waals surface area contributed by atoms with Gasteiger partial charge in [-0.2, -0.15) is 5.21 Å². The number of methoxy groups -OCH3 is 2. The minimum Gasteiger partial charge on any atom is -0.494 e. The topological polar surface area (TPSA) is 113 Å². The molecule has 10 nitrogen and oxygen atoms in total. The van der Waals surface area contributed by atoms with Gasteiger partial charge in [0.15, 0.2) is 0 Å². The van der Waals surface area contributed by atoms with E-state index in [0.717, 1.165) is 47.2 Å². The van der Waals surface area contributed by atoms with Crippen molar-refractivity contribution in [2.24, 2.45) is 0 Å². The molecule has 5 aromatic rings. The number of aromatic amines is 1. The fourth-order valence-corrected chi connectivity index (χ4v) is 4.56. The predicted octanol–water partition coefficient (Wildman–Crippen LogP) is 4.29. The van der Waals surface area contributed by atoms with Gasteiger partial charge in [-0.1, -0.05) is 43.7 Å². The van der Waals surface area contributed by atoms with Crippen LogP contribution in [0.1, 0.15) is 31.0 Å². The number of imidazole rings is 1. The Labute approximate surface area is 219 Å². The van der Waals surface area contributed by atoms with Crippen molar-refractivity contribution in [1.29, 1.82) is 0 Å². The number of hydrogen-bond donors (Lipinski definition) is 1. The number of nitrogens with one attached hydrogen (secondary N) is 1. The highest BCUT2D eigenvalue weighted by atomic mass is 16.5. The summed E-state index contributed by atoms with van der Waals surface area (Å²) >= 11 is 0. The summed E-state index contributed by atoms with van der Waals surface area (Å²) in [5, 5.41) is 14.3. The van der Waals surface area contributed by atoms with Gasteiger partial charge in [0.05, 0.1) is 20.8 Å². The zero-order valence-corrected chi connectivity index (χ0v) is 21.6. The average Bonchev–Trinajstić information content (AvgIpc) is 3.61. The monoisotopic (exact) mass is 511 g/mol. The number of nitrogens with zero attached hydrogens (tertiary/aromatic N) is 6. The SMILES string of the molecule is CCCCc1cn(-c2c(OC)cccc2OC)c(=O)n1Cc1ccc(-c2ccncc2-c2nn[nH]n2)cc1. The van der Waals surface area contributed by atoms with Crippen LogP contribution in [-0.4, -0.2) is 49.0 Å². The zero-order valence-electron chi connectivity index (χ0n) is 21.6. The quantitative estimate of drug-likeness (QED) is 0.298. The highest BCUT2D eigenvalue weighted by Crippen LogP contribution is 2.32. The molecule has 0 radical (unpaired) electrons. The van der Waals surface area contributed by atoms with Gasteiger partial charge in [0.2, 0.25) is 5.82 Å². The zero-order chi connectivity index (χ0) is 26.5. The molecule has 0 saturated carbocycles. The van der Waals surface area contributed by atoms with Gasteiger partial charge in [0, 0.05) is 29.8 Å². The predicted molar refractivity (Wildman–Crippen MR) is 144 cm³/mol. The number of aromatic nitrogens is 7. The van der Waals surface area contributed by atoms with Crippen LogP contribution in [0, 0.1) is 0 Å². The van der Waals surface area contributed by atoms with Crippen LogP contribution in [0.15, 0.2) is 71.9 Å². The molecule has 3 aromatic heterocycles. The van der Waals surface area contributed by atoms with Crippen molar-refractivity contribution in [2.45, 2.75) is 32.7 Å². The second kappa shape index (κ2) is 11.1. The lowest BCUT2D eigenvalue weighted by Gasteiger charge is -2.13. The summed E-state index contributed by atoms with van der Waals surface area (Å²) in [6, 6.07) is 15.6. The van der Waals surface area contributed by atoms with Gasteiger partial charge in [0.25, 0.3) is 0 Å². The van der Waals surface area contributed by atoms with Crippen LogP contribution in [0.25, 0.3) is 28.2 Å². The number of unbranched alkanes of at least 4 members (excludes halogenated alkanes) is 1. The van der Waals surface area contributed by atoms with Crippen molar-refractivity contribution in [3.05, 3.63) is 88.9 Å². The minimum atomic E-state index is -0.142. The normalized spacial score (nSPS) is 11.0. The standard InChI is InChI=1S/C28H29N7O3/c1-4-5-7-21-18-35(26-24(37-2)8-6-9-25(26)38-3)28(36)34(21)17-19-10-12-20(13-11-19)22-14-15-29-16-23(22)27-30-32-33-31-27/h6,8-16,18H,4-5,7,17H2,1-3H3,(H,30,31,32,33). The van der Waals surface area contributed by atoms with Gasteiger partial charge >= 0.3 is 5.69 Å². The summed E-state index contributed by atoms with van der Waals surface area (Å²) in [6.07, 6.45) is 8.16. The number of benzene rings is 2. The molecule has 0 aliphatic heterocycles. The van der Waals surface area contributed by atoms with Crippen LogP contribution in [-0.2, 0) is 13.0 Å². The van der Waals surface area contributed by atoms with Gasteiger partial charge < -0.3 is 9.47 Å². The van der Waals surface area contributed by atoms with Gasteiger partial charge in [-0.15, -0.1) is 10.2 Å². The summed E-state index contributed by atoms with van der Waals surface area (Å²) in [5.74, 6) is 1.63. The molecule has 0 aliphatic rings. The first-order valence-corrected chi connectivity index (χ1v) is 12.4. The fourth-order valence-electron chi connectivity index (χ4n) is 4.56. The third-order valence-electron chi connectivity index (χ3n) is 6.50. The van der Waals surface area contributed by atoms with Crippen molar-refractivity contribution < 1.29 is 9.47 Å². The Balaban J connectivity index is 1.51. The largest absolute Gasteiger partial charge is 0.494 e. The number of tetrazole rings is 1. The third kappa shape index (κ3) is 4.80. The van der Waals surface area contributed by atoms with Crippen LogP contribution in [0.5, 0.6) is 11.5 Å². The Hall–Kier alpha value is -4.73. The summed E-state index contributed by atoms with van der Waals surface area (Å²) in [6.45, 7) is 2.58. The van der Waals surface area contributed by atoms with E-state index in [0.29, 0.717) is 29.6 Å². The smallest absolute Gasteiger partial charge is 0.333 e.